The molecule has 0 atom stereocenters. The third-order valence-corrected chi connectivity index (χ3v) is 3.14. The lowest BCUT2D eigenvalue weighted by Gasteiger charge is -2.24. The molecule has 0 saturated heterocycles. The fraction of sp³-hybridized carbons (Fsp3) is 0.412. The molecule has 0 bridgehead atoms. The van der Waals surface area contributed by atoms with Crippen LogP contribution < -0.4 is 5.32 Å². The summed E-state index contributed by atoms with van der Waals surface area (Å²) in [4.78, 5) is 0. The van der Waals surface area contributed by atoms with Crippen molar-refractivity contribution in [3.8, 4) is 0 Å². The highest BCUT2D eigenvalue weighted by Crippen LogP contribution is 2.19. The number of fused-ring (bicyclic) bond motifs is 1. The highest BCUT2D eigenvalue weighted by atomic mass is 14.9. The van der Waals surface area contributed by atoms with Crippen molar-refractivity contribution in [2.75, 3.05) is 7.05 Å². The van der Waals surface area contributed by atoms with Crippen molar-refractivity contribution in [3.05, 3.63) is 48.0 Å². The van der Waals surface area contributed by atoms with Crippen molar-refractivity contribution in [3.63, 3.8) is 0 Å². The molecule has 0 aliphatic carbocycles. The molecule has 0 aliphatic rings. The first-order valence-electron chi connectivity index (χ1n) is 6.77. The Bertz CT molecular complexity index is 486. The average Bonchev–Trinajstić information content (AvgIpc) is 2.40. The second-order valence-electron chi connectivity index (χ2n) is 4.99. The molecule has 0 spiro atoms. The molecule has 0 fully saturated rings. The average molecular weight is 243 g/mol. The molecule has 1 nitrogen and oxygen atoms in total. The Labute approximate surface area is 111 Å². The van der Waals surface area contributed by atoms with Crippen LogP contribution in [-0.4, -0.2) is 12.6 Å². The van der Waals surface area contributed by atoms with Crippen molar-refractivity contribution in [1.29, 1.82) is 0 Å². The van der Waals surface area contributed by atoms with Gasteiger partial charge in [0.1, 0.15) is 0 Å². The Morgan fingerprint density at radius 1 is 0.944 bits per heavy atom. The molecule has 0 unspecified atom stereocenters. The van der Waals surface area contributed by atoms with Gasteiger partial charge in [-0.3, -0.25) is 0 Å². The van der Waals surface area contributed by atoms with Gasteiger partial charge in [-0.2, -0.15) is 0 Å². The van der Waals surface area contributed by atoms with Gasteiger partial charge in [-0.15, -0.1) is 0 Å². The van der Waals surface area contributed by atoms with E-state index in [1.807, 2.05) is 20.9 Å². The standard InChI is InChI=1S/C15H19N.C2H6/c1-15(2,16-3)11-12-8-9-13-6-4-5-7-14(13)10-12;1-2/h4-10,16H,11H2,1-3H3;1-2H3. The second kappa shape index (κ2) is 6.55. The highest BCUT2D eigenvalue weighted by Gasteiger charge is 2.15. The maximum Gasteiger partial charge on any atom is 0.0162 e. The van der Waals surface area contributed by atoms with Crippen LogP contribution in [0, 0.1) is 0 Å². The van der Waals surface area contributed by atoms with Crippen LogP contribution in [0.3, 0.4) is 0 Å². The first kappa shape index (κ1) is 14.7. The van der Waals surface area contributed by atoms with Gasteiger partial charge in [0, 0.05) is 5.54 Å². The van der Waals surface area contributed by atoms with Crippen molar-refractivity contribution < 1.29 is 0 Å². The zero-order valence-electron chi connectivity index (χ0n) is 12.2. The Hall–Kier alpha value is -1.34. The summed E-state index contributed by atoms with van der Waals surface area (Å²) >= 11 is 0. The minimum atomic E-state index is 0.155. The van der Waals surface area contributed by atoms with E-state index in [0.29, 0.717) is 0 Å². The van der Waals surface area contributed by atoms with Gasteiger partial charge < -0.3 is 5.32 Å². The number of nitrogens with one attached hydrogen (secondary N) is 1. The smallest absolute Gasteiger partial charge is 0.0162 e. The summed E-state index contributed by atoms with van der Waals surface area (Å²) in [6.45, 7) is 8.45. The molecule has 1 N–H and O–H groups in total. The second-order valence-corrected chi connectivity index (χ2v) is 4.99. The van der Waals surface area contributed by atoms with Gasteiger partial charge in [0.2, 0.25) is 0 Å². The zero-order valence-corrected chi connectivity index (χ0v) is 12.2. The van der Waals surface area contributed by atoms with Crippen molar-refractivity contribution in [1.82, 2.24) is 5.32 Å². The summed E-state index contributed by atoms with van der Waals surface area (Å²) in [5, 5.41) is 5.98. The fourth-order valence-electron chi connectivity index (χ4n) is 1.95. The zero-order chi connectivity index (χ0) is 13.6. The summed E-state index contributed by atoms with van der Waals surface area (Å²) in [5.74, 6) is 0. The lowest BCUT2D eigenvalue weighted by Crippen LogP contribution is -2.38. The number of hydrogen-bond donors (Lipinski definition) is 1. The minimum Gasteiger partial charge on any atom is -0.314 e. The van der Waals surface area contributed by atoms with E-state index in [1.54, 1.807) is 0 Å². The molecule has 0 radical (unpaired) electrons. The molecule has 1 heteroatoms. The maximum absolute atomic E-state index is 3.34. The molecule has 2 rings (SSSR count). The molecule has 0 heterocycles. The van der Waals surface area contributed by atoms with Crippen LogP contribution in [0.1, 0.15) is 33.3 Å². The van der Waals surface area contributed by atoms with Crippen LogP contribution in [-0.2, 0) is 6.42 Å². The molecule has 0 aromatic heterocycles. The van der Waals surface area contributed by atoms with Gasteiger partial charge in [-0.05, 0) is 43.7 Å². The van der Waals surface area contributed by atoms with Gasteiger partial charge in [-0.1, -0.05) is 56.3 Å². The number of likely N-dealkylation sites (N-methyl/N-ethyl adjacent to an activating group) is 1. The number of hydrogen-bond acceptors (Lipinski definition) is 1. The predicted octanol–water partition coefficient (Wildman–Crippen LogP) is 4.41. The van der Waals surface area contributed by atoms with Crippen LogP contribution in [0.5, 0.6) is 0 Å². The predicted molar refractivity (Wildman–Crippen MR) is 82.1 cm³/mol. The third kappa shape index (κ3) is 3.85. The first-order valence-corrected chi connectivity index (χ1v) is 6.77. The Kier molecular flexibility index (Phi) is 5.36. The Balaban J connectivity index is 0.000000771. The fourth-order valence-corrected chi connectivity index (χ4v) is 1.95. The van der Waals surface area contributed by atoms with Crippen molar-refractivity contribution in [2.45, 2.75) is 39.7 Å². The van der Waals surface area contributed by atoms with E-state index >= 15 is 0 Å². The highest BCUT2D eigenvalue weighted by molar-refractivity contribution is 5.83. The largest absolute Gasteiger partial charge is 0.314 e. The van der Waals surface area contributed by atoms with E-state index in [2.05, 4.69) is 61.6 Å². The Morgan fingerprint density at radius 2 is 1.56 bits per heavy atom. The quantitative estimate of drug-likeness (QED) is 0.842. The third-order valence-electron chi connectivity index (χ3n) is 3.14. The molecule has 0 saturated carbocycles. The molecular formula is C17H25N. The lowest BCUT2D eigenvalue weighted by molar-refractivity contribution is 0.422. The minimum absolute atomic E-state index is 0.155. The summed E-state index contributed by atoms with van der Waals surface area (Å²) in [7, 11) is 2.01. The van der Waals surface area contributed by atoms with E-state index < -0.39 is 0 Å². The molecule has 0 aliphatic heterocycles. The van der Waals surface area contributed by atoms with Crippen LogP contribution in [0.25, 0.3) is 10.8 Å². The molecule has 18 heavy (non-hydrogen) atoms. The van der Waals surface area contributed by atoms with Crippen LogP contribution >= 0.6 is 0 Å². The number of benzene rings is 2. The van der Waals surface area contributed by atoms with E-state index in [0.717, 1.165) is 6.42 Å². The molecule has 2 aromatic carbocycles. The summed E-state index contributed by atoms with van der Waals surface area (Å²) < 4.78 is 0. The normalized spacial score (nSPS) is 10.9. The number of rotatable bonds is 3. The van der Waals surface area contributed by atoms with Crippen LogP contribution in [0.4, 0.5) is 0 Å². The van der Waals surface area contributed by atoms with Crippen LogP contribution in [0.2, 0.25) is 0 Å². The van der Waals surface area contributed by atoms with E-state index in [1.165, 1.54) is 16.3 Å². The van der Waals surface area contributed by atoms with Gasteiger partial charge in [-0.25, -0.2) is 0 Å². The van der Waals surface area contributed by atoms with Gasteiger partial charge >= 0.3 is 0 Å². The van der Waals surface area contributed by atoms with Crippen molar-refractivity contribution >= 4 is 10.8 Å². The SMILES string of the molecule is CC.CNC(C)(C)Cc1ccc2ccccc2c1. The monoisotopic (exact) mass is 243 g/mol. The summed E-state index contributed by atoms with van der Waals surface area (Å²) in [5.41, 5.74) is 1.54. The van der Waals surface area contributed by atoms with E-state index in [9.17, 15) is 0 Å². The molecular weight excluding hydrogens is 218 g/mol. The van der Waals surface area contributed by atoms with E-state index in [-0.39, 0.29) is 5.54 Å². The first-order chi connectivity index (χ1) is 8.61. The van der Waals surface area contributed by atoms with Crippen molar-refractivity contribution in [2.24, 2.45) is 0 Å². The van der Waals surface area contributed by atoms with Gasteiger partial charge in [0.05, 0.1) is 0 Å². The van der Waals surface area contributed by atoms with Gasteiger partial charge in [0.15, 0.2) is 0 Å². The summed E-state index contributed by atoms with van der Waals surface area (Å²) in [6, 6.07) is 15.2. The lowest BCUT2D eigenvalue weighted by atomic mass is 9.94. The molecule has 0 amide bonds. The molecule has 2 aromatic rings. The maximum atomic E-state index is 3.34. The Morgan fingerprint density at radius 3 is 2.17 bits per heavy atom. The van der Waals surface area contributed by atoms with Crippen LogP contribution in [0.15, 0.2) is 42.5 Å². The topological polar surface area (TPSA) is 12.0 Å². The summed E-state index contributed by atoms with van der Waals surface area (Å²) in [6.07, 6.45) is 1.05. The van der Waals surface area contributed by atoms with E-state index in [4.69, 9.17) is 0 Å². The van der Waals surface area contributed by atoms with Gasteiger partial charge in [0.25, 0.3) is 0 Å². The molecule has 98 valence electrons.